The van der Waals surface area contributed by atoms with Crippen LogP contribution in [0.3, 0.4) is 0 Å². The van der Waals surface area contributed by atoms with Gasteiger partial charge in [-0.3, -0.25) is 9.69 Å². The van der Waals surface area contributed by atoms with Crippen LogP contribution in [0.25, 0.3) is 0 Å². The average molecular weight is 319 g/mol. The lowest BCUT2D eigenvalue weighted by Crippen LogP contribution is -2.62. The molecular formula is C20H34N2O. The first-order valence-corrected chi connectivity index (χ1v) is 9.76. The highest BCUT2D eigenvalue weighted by atomic mass is 16.2. The molecule has 1 aliphatic heterocycles. The SMILES string of the molecule is CC(C)N1CCN(C(=O)C23CC4CC(C)(CC(C)(C4)C2)C3)CC1. The standard InChI is InChI=1S/C20H34N2O/c1-15(2)21-5-7-22(8-6-21)17(23)20-11-16-9-18(3,13-20)12-19(4,10-16)14-20/h15-16H,5-14H2,1-4H3. The summed E-state index contributed by atoms with van der Waals surface area (Å²) in [5, 5.41) is 0. The van der Waals surface area contributed by atoms with E-state index in [0.29, 0.717) is 22.8 Å². The van der Waals surface area contributed by atoms with E-state index in [2.05, 4.69) is 37.5 Å². The van der Waals surface area contributed by atoms with E-state index in [9.17, 15) is 4.79 Å². The van der Waals surface area contributed by atoms with Gasteiger partial charge in [0.25, 0.3) is 0 Å². The van der Waals surface area contributed by atoms with Crippen LogP contribution in [0.5, 0.6) is 0 Å². The van der Waals surface area contributed by atoms with E-state index < -0.39 is 0 Å². The summed E-state index contributed by atoms with van der Waals surface area (Å²) in [4.78, 5) is 18.2. The third-order valence-electron chi connectivity index (χ3n) is 7.41. The maximum atomic E-state index is 13.5. The van der Waals surface area contributed by atoms with Crippen LogP contribution in [0.15, 0.2) is 0 Å². The van der Waals surface area contributed by atoms with Gasteiger partial charge in [-0.15, -0.1) is 0 Å². The van der Waals surface area contributed by atoms with Crippen molar-refractivity contribution in [2.24, 2.45) is 22.2 Å². The van der Waals surface area contributed by atoms with Crippen LogP contribution in [0.2, 0.25) is 0 Å². The molecule has 23 heavy (non-hydrogen) atoms. The monoisotopic (exact) mass is 318 g/mol. The molecule has 0 spiro atoms. The number of piperazine rings is 1. The molecule has 2 unspecified atom stereocenters. The second-order valence-electron chi connectivity index (χ2n) is 10.3. The van der Waals surface area contributed by atoms with E-state index in [1.807, 2.05) is 0 Å². The van der Waals surface area contributed by atoms with Crippen LogP contribution in [0.1, 0.15) is 66.2 Å². The molecule has 0 radical (unpaired) electrons. The van der Waals surface area contributed by atoms with Crippen molar-refractivity contribution in [1.82, 2.24) is 9.80 Å². The van der Waals surface area contributed by atoms with E-state index in [-0.39, 0.29) is 5.41 Å². The molecule has 0 aromatic heterocycles. The lowest BCUT2D eigenvalue weighted by molar-refractivity contribution is -0.180. The second kappa shape index (κ2) is 4.97. The number of carbonyl (C=O) groups is 1. The molecule has 0 aromatic carbocycles. The Kier molecular flexibility index (Phi) is 3.44. The Balaban J connectivity index is 1.53. The third-order valence-corrected chi connectivity index (χ3v) is 7.41. The van der Waals surface area contributed by atoms with Gasteiger partial charge in [0, 0.05) is 32.2 Å². The van der Waals surface area contributed by atoms with E-state index >= 15 is 0 Å². The summed E-state index contributed by atoms with van der Waals surface area (Å²) in [6.45, 7) is 13.4. The summed E-state index contributed by atoms with van der Waals surface area (Å²) in [7, 11) is 0. The predicted molar refractivity (Wildman–Crippen MR) is 93.1 cm³/mol. The smallest absolute Gasteiger partial charge is 0.228 e. The number of amides is 1. The molecule has 0 aromatic rings. The summed E-state index contributed by atoms with van der Waals surface area (Å²) < 4.78 is 0. The number of rotatable bonds is 2. The molecule has 4 bridgehead atoms. The number of hydrogen-bond acceptors (Lipinski definition) is 2. The first-order chi connectivity index (χ1) is 10.7. The Labute approximate surface area is 141 Å². The topological polar surface area (TPSA) is 23.6 Å². The predicted octanol–water partition coefficient (Wildman–Crippen LogP) is 3.54. The Morgan fingerprint density at radius 3 is 1.96 bits per heavy atom. The van der Waals surface area contributed by atoms with Crippen LogP contribution in [-0.2, 0) is 4.79 Å². The van der Waals surface area contributed by atoms with Gasteiger partial charge >= 0.3 is 0 Å². The third kappa shape index (κ3) is 2.54. The fourth-order valence-electron chi connectivity index (χ4n) is 7.46. The molecule has 1 amide bonds. The van der Waals surface area contributed by atoms with Crippen molar-refractivity contribution in [3.05, 3.63) is 0 Å². The molecule has 130 valence electrons. The summed E-state index contributed by atoms with van der Waals surface area (Å²) in [6.07, 6.45) is 7.61. The highest BCUT2D eigenvalue weighted by Gasteiger charge is 2.63. The second-order valence-corrected chi connectivity index (χ2v) is 10.3. The molecule has 5 aliphatic rings. The van der Waals surface area contributed by atoms with Crippen molar-refractivity contribution in [2.75, 3.05) is 26.2 Å². The zero-order valence-corrected chi connectivity index (χ0v) is 15.5. The van der Waals surface area contributed by atoms with Gasteiger partial charge in [-0.2, -0.15) is 0 Å². The molecule has 3 heteroatoms. The summed E-state index contributed by atoms with van der Waals surface area (Å²) >= 11 is 0. The Morgan fingerprint density at radius 2 is 1.48 bits per heavy atom. The molecule has 5 fully saturated rings. The maximum Gasteiger partial charge on any atom is 0.228 e. The highest BCUT2D eigenvalue weighted by Crippen LogP contribution is 2.69. The minimum Gasteiger partial charge on any atom is -0.340 e. The molecule has 2 atom stereocenters. The van der Waals surface area contributed by atoms with Crippen molar-refractivity contribution in [3.63, 3.8) is 0 Å². The molecule has 0 N–H and O–H groups in total. The Bertz CT molecular complexity index is 488. The van der Waals surface area contributed by atoms with Crippen LogP contribution >= 0.6 is 0 Å². The van der Waals surface area contributed by atoms with E-state index in [4.69, 9.17) is 0 Å². The minimum atomic E-state index is -0.0110. The lowest BCUT2D eigenvalue weighted by Gasteiger charge is -2.65. The minimum absolute atomic E-state index is 0.0110. The van der Waals surface area contributed by atoms with Gasteiger partial charge in [0.2, 0.25) is 5.91 Å². The van der Waals surface area contributed by atoms with Gasteiger partial charge in [-0.05, 0) is 69.1 Å². The maximum absolute atomic E-state index is 13.5. The molecule has 4 saturated carbocycles. The fourth-order valence-corrected chi connectivity index (χ4v) is 7.46. The van der Waals surface area contributed by atoms with Crippen molar-refractivity contribution in [1.29, 1.82) is 0 Å². The average Bonchev–Trinajstić information content (AvgIpc) is 2.42. The van der Waals surface area contributed by atoms with Gasteiger partial charge in [0.1, 0.15) is 0 Å². The number of nitrogens with zero attached hydrogens (tertiary/aromatic N) is 2. The zero-order valence-electron chi connectivity index (χ0n) is 15.5. The highest BCUT2D eigenvalue weighted by molar-refractivity contribution is 5.83. The van der Waals surface area contributed by atoms with Crippen LogP contribution in [0, 0.1) is 22.2 Å². The molecule has 4 aliphatic carbocycles. The van der Waals surface area contributed by atoms with Gasteiger partial charge in [0.15, 0.2) is 0 Å². The number of carbonyl (C=O) groups excluding carboxylic acids is 1. The van der Waals surface area contributed by atoms with E-state index in [1.165, 1.54) is 25.7 Å². The van der Waals surface area contributed by atoms with Gasteiger partial charge in [-0.1, -0.05) is 13.8 Å². The quantitative estimate of drug-likeness (QED) is 0.777. The van der Waals surface area contributed by atoms with E-state index in [0.717, 1.165) is 44.9 Å². The summed E-state index contributed by atoms with van der Waals surface area (Å²) in [5.74, 6) is 1.32. The normalized spacial score (nSPS) is 46.7. The van der Waals surface area contributed by atoms with Crippen LogP contribution in [-0.4, -0.2) is 47.9 Å². The summed E-state index contributed by atoms with van der Waals surface area (Å²) in [6, 6.07) is 0.602. The Morgan fingerprint density at radius 1 is 0.913 bits per heavy atom. The first kappa shape index (κ1) is 15.9. The van der Waals surface area contributed by atoms with Crippen molar-refractivity contribution in [2.45, 2.75) is 72.3 Å². The largest absolute Gasteiger partial charge is 0.340 e. The van der Waals surface area contributed by atoms with E-state index in [1.54, 1.807) is 0 Å². The van der Waals surface area contributed by atoms with Gasteiger partial charge in [-0.25, -0.2) is 0 Å². The molecule has 1 saturated heterocycles. The summed E-state index contributed by atoms with van der Waals surface area (Å²) in [5.41, 5.74) is 0.857. The van der Waals surface area contributed by atoms with Crippen LogP contribution in [0.4, 0.5) is 0 Å². The zero-order chi connectivity index (χ0) is 16.5. The lowest BCUT2D eigenvalue weighted by atomic mass is 9.40. The first-order valence-electron chi connectivity index (χ1n) is 9.76. The van der Waals surface area contributed by atoms with Crippen molar-refractivity contribution >= 4 is 5.91 Å². The Hall–Kier alpha value is -0.570. The van der Waals surface area contributed by atoms with Crippen molar-refractivity contribution < 1.29 is 4.79 Å². The van der Waals surface area contributed by atoms with Crippen molar-refractivity contribution in [3.8, 4) is 0 Å². The fraction of sp³-hybridized carbons (Fsp3) is 0.950. The number of hydrogen-bond donors (Lipinski definition) is 0. The molecule has 3 nitrogen and oxygen atoms in total. The molecule has 5 rings (SSSR count). The van der Waals surface area contributed by atoms with Gasteiger partial charge in [0.05, 0.1) is 5.41 Å². The van der Waals surface area contributed by atoms with Gasteiger partial charge < -0.3 is 4.90 Å². The molecular weight excluding hydrogens is 284 g/mol. The van der Waals surface area contributed by atoms with Crippen LogP contribution < -0.4 is 0 Å². The molecule has 1 heterocycles.